The van der Waals surface area contributed by atoms with E-state index < -0.39 is 0 Å². The summed E-state index contributed by atoms with van der Waals surface area (Å²) >= 11 is 0. The van der Waals surface area contributed by atoms with Crippen LogP contribution in [-0.4, -0.2) is 28.6 Å². The van der Waals surface area contributed by atoms with Crippen LogP contribution in [0.5, 0.6) is 0 Å². The van der Waals surface area contributed by atoms with Gasteiger partial charge in [0.25, 0.3) is 0 Å². The number of benzene rings is 2. The van der Waals surface area contributed by atoms with Crippen LogP contribution in [0, 0.1) is 0 Å². The smallest absolute Gasteiger partial charge is 0.123 e. The first-order chi connectivity index (χ1) is 25.3. The maximum Gasteiger partial charge on any atom is 0.123 e. The van der Waals surface area contributed by atoms with Crippen LogP contribution in [0.25, 0.3) is 0 Å². The first-order valence-corrected chi connectivity index (χ1v) is 22.6. The zero-order valence-corrected chi connectivity index (χ0v) is 34.1. The Kier molecular flexibility index (Phi) is 24.0. The molecule has 2 aromatic rings. The van der Waals surface area contributed by atoms with Gasteiger partial charge in [0.1, 0.15) is 5.66 Å². The monoisotopic (exact) mass is 699 g/mol. The largest absolute Gasteiger partial charge is 0.353 e. The van der Waals surface area contributed by atoms with E-state index in [9.17, 15) is 0 Å². The van der Waals surface area contributed by atoms with Gasteiger partial charge in [-0.05, 0) is 30.4 Å². The lowest BCUT2D eigenvalue weighted by atomic mass is 9.78. The summed E-state index contributed by atoms with van der Waals surface area (Å²) in [5.74, 6) is 0.443. The molecule has 1 heterocycles. The molecule has 2 atom stereocenters. The Hall–Kier alpha value is -2.22. The van der Waals surface area contributed by atoms with Crippen molar-refractivity contribution >= 4 is 0 Å². The van der Waals surface area contributed by atoms with Gasteiger partial charge in [-0.1, -0.05) is 236 Å². The second-order valence-electron chi connectivity index (χ2n) is 16.1. The Morgan fingerprint density at radius 2 is 0.745 bits per heavy atom. The van der Waals surface area contributed by atoms with Crippen LogP contribution in [0.3, 0.4) is 0 Å². The topological polar surface area (TPSA) is 6.48 Å². The maximum atomic E-state index is 2.79. The maximum absolute atomic E-state index is 2.79. The molecule has 0 amide bonds. The molecule has 288 valence electrons. The van der Waals surface area contributed by atoms with E-state index in [1.54, 1.807) is 0 Å². The summed E-state index contributed by atoms with van der Waals surface area (Å²) in [4.78, 5) is 5.58. The molecule has 51 heavy (non-hydrogen) atoms. The van der Waals surface area contributed by atoms with Crippen molar-refractivity contribution in [1.82, 2.24) is 9.80 Å². The van der Waals surface area contributed by atoms with Crippen molar-refractivity contribution in [2.75, 3.05) is 13.1 Å². The van der Waals surface area contributed by atoms with E-state index in [-0.39, 0.29) is 5.66 Å². The van der Waals surface area contributed by atoms with E-state index in [0.717, 1.165) is 25.9 Å². The van der Waals surface area contributed by atoms with Gasteiger partial charge in [0.05, 0.1) is 0 Å². The fraction of sp³-hybridized carbons (Fsp3) is 0.714. The molecule has 1 aliphatic rings. The van der Waals surface area contributed by atoms with Crippen LogP contribution in [0.2, 0.25) is 0 Å². The second-order valence-corrected chi connectivity index (χ2v) is 16.1. The Bertz CT molecular complexity index is 1080. The van der Waals surface area contributed by atoms with E-state index >= 15 is 0 Å². The first-order valence-electron chi connectivity index (χ1n) is 22.6. The molecule has 2 aromatic carbocycles. The minimum Gasteiger partial charge on any atom is -0.353 e. The molecule has 2 unspecified atom stereocenters. The van der Waals surface area contributed by atoms with Crippen molar-refractivity contribution in [3.05, 3.63) is 84.2 Å². The zero-order valence-electron chi connectivity index (χ0n) is 34.1. The lowest BCUT2D eigenvalue weighted by Crippen LogP contribution is -2.59. The SMILES string of the molecule is CCCCCCCCCCCCCCCCCCN1C=CN(CCCCCCCCCCCC)C1(Cc1ccccc1)C(CC)c1ccccc1. The van der Waals surface area contributed by atoms with Crippen molar-refractivity contribution in [1.29, 1.82) is 0 Å². The predicted molar refractivity (Wildman–Crippen MR) is 226 cm³/mol. The van der Waals surface area contributed by atoms with Crippen LogP contribution in [0.4, 0.5) is 0 Å². The van der Waals surface area contributed by atoms with Crippen molar-refractivity contribution in [3.8, 4) is 0 Å². The molecule has 0 saturated carbocycles. The summed E-state index contributed by atoms with van der Waals surface area (Å²) < 4.78 is 0. The van der Waals surface area contributed by atoms with Gasteiger partial charge in [0.2, 0.25) is 0 Å². The molecule has 0 aromatic heterocycles. The number of hydrogen-bond donors (Lipinski definition) is 0. The summed E-state index contributed by atoms with van der Waals surface area (Å²) in [6, 6.07) is 22.9. The summed E-state index contributed by atoms with van der Waals surface area (Å²) in [7, 11) is 0. The predicted octanol–water partition coefficient (Wildman–Crippen LogP) is 15.4. The minimum absolute atomic E-state index is 0.0633. The molecule has 3 rings (SSSR count). The lowest BCUT2D eigenvalue weighted by Gasteiger charge is -2.51. The number of nitrogens with zero attached hydrogens (tertiary/aromatic N) is 2. The van der Waals surface area contributed by atoms with Crippen LogP contribution in [0.15, 0.2) is 73.1 Å². The first kappa shape index (κ1) is 43.2. The highest BCUT2D eigenvalue weighted by Gasteiger charge is 2.49. The molecule has 0 saturated heterocycles. The average molecular weight is 699 g/mol. The number of unbranched alkanes of at least 4 members (excludes halogenated alkanes) is 24. The van der Waals surface area contributed by atoms with E-state index in [1.807, 2.05) is 0 Å². The van der Waals surface area contributed by atoms with E-state index in [2.05, 4.69) is 104 Å². The highest BCUT2D eigenvalue weighted by atomic mass is 15.4. The van der Waals surface area contributed by atoms with E-state index in [1.165, 1.54) is 178 Å². The molecular formula is C49H82N2. The fourth-order valence-corrected chi connectivity index (χ4v) is 8.86. The average Bonchev–Trinajstić information content (AvgIpc) is 3.49. The standard InChI is InChI=1S/C49H82N2/c1-4-7-9-11-13-15-17-18-19-20-21-22-24-26-28-36-42-51-44-43-50(41-35-27-25-23-16-14-12-10-8-5-2)49(51,45-46-37-31-29-32-38-46)48(6-3)47-39-33-30-34-40-47/h29-34,37-40,43-44,48H,4-28,35-36,41-42,45H2,1-3H3. The van der Waals surface area contributed by atoms with Crippen LogP contribution in [-0.2, 0) is 6.42 Å². The third-order valence-electron chi connectivity index (χ3n) is 11.9. The van der Waals surface area contributed by atoms with Crippen molar-refractivity contribution in [2.24, 2.45) is 0 Å². The van der Waals surface area contributed by atoms with Crippen LogP contribution < -0.4 is 0 Å². The molecule has 0 spiro atoms. The fourth-order valence-electron chi connectivity index (χ4n) is 8.86. The minimum atomic E-state index is -0.0633. The molecule has 1 aliphatic heterocycles. The normalized spacial score (nSPS) is 16.4. The highest BCUT2D eigenvalue weighted by molar-refractivity contribution is 5.30. The van der Waals surface area contributed by atoms with E-state index in [0.29, 0.717) is 5.92 Å². The Morgan fingerprint density at radius 1 is 0.412 bits per heavy atom. The third kappa shape index (κ3) is 16.6. The third-order valence-corrected chi connectivity index (χ3v) is 11.9. The molecule has 0 aliphatic carbocycles. The van der Waals surface area contributed by atoms with Gasteiger partial charge in [0, 0.05) is 37.8 Å². The molecule has 0 bridgehead atoms. The summed E-state index contributed by atoms with van der Waals surface area (Å²) in [6.07, 6.45) is 43.8. The quantitative estimate of drug-likeness (QED) is 0.0685. The van der Waals surface area contributed by atoms with Gasteiger partial charge >= 0.3 is 0 Å². The van der Waals surface area contributed by atoms with Gasteiger partial charge in [0.15, 0.2) is 0 Å². The number of rotatable bonds is 33. The lowest BCUT2D eigenvalue weighted by molar-refractivity contribution is -0.00378. The van der Waals surface area contributed by atoms with Gasteiger partial charge in [-0.15, -0.1) is 0 Å². The van der Waals surface area contributed by atoms with Crippen molar-refractivity contribution in [3.63, 3.8) is 0 Å². The van der Waals surface area contributed by atoms with Gasteiger partial charge in [-0.3, -0.25) is 0 Å². The van der Waals surface area contributed by atoms with Crippen molar-refractivity contribution in [2.45, 2.75) is 212 Å². The highest BCUT2D eigenvalue weighted by Crippen LogP contribution is 2.45. The van der Waals surface area contributed by atoms with Crippen LogP contribution in [0.1, 0.15) is 211 Å². The Labute approximate surface area is 318 Å². The Morgan fingerprint density at radius 3 is 1.10 bits per heavy atom. The molecular weight excluding hydrogens is 617 g/mol. The molecule has 2 nitrogen and oxygen atoms in total. The Balaban J connectivity index is 1.52. The summed E-state index contributed by atoms with van der Waals surface area (Å²) in [6.45, 7) is 9.35. The second kappa shape index (κ2) is 28.3. The molecule has 0 radical (unpaired) electrons. The number of hydrogen-bond acceptors (Lipinski definition) is 2. The summed E-state index contributed by atoms with van der Waals surface area (Å²) in [5.41, 5.74) is 2.89. The molecule has 0 N–H and O–H groups in total. The van der Waals surface area contributed by atoms with Crippen LogP contribution >= 0.6 is 0 Å². The zero-order chi connectivity index (χ0) is 36.1. The van der Waals surface area contributed by atoms with Gasteiger partial charge in [-0.25, -0.2) is 0 Å². The van der Waals surface area contributed by atoms with Gasteiger partial charge < -0.3 is 9.80 Å². The van der Waals surface area contributed by atoms with Crippen molar-refractivity contribution < 1.29 is 0 Å². The summed E-state index contributed by atoms with van der Waals surface area (Å²) in [5, 5.41) is 0. The molecule has 0 fully saturated rings. The van der Waals surface area contributed by atoms with Gasteiger partial charge in [-0.2, -0.15) is 0 Å². The van der Waals surface area contributed by atoms with E-state index in [4.69, 9.17) is 0 Å². The molecule has 2 heteroatoms.